The van der Waals surface area contributed by atoms with Crippen LogP contribution in [0.3, 0.4) is 0 Å². The van der Waals surface area contributed by atoms with Gasteiger partial charge in [-0.2, -0.15) is 4.37 Å². The summed E-state index contributed by atoms with van der Waals surface area (Å²) in [6.07, 6.45) is 1.96. The molecule has 1 heterocycles. The number of anilines is 1. The number of nitrogens with zero attached hydrogens (tertiary/aromatic N) is 3. The molecule has 0 aliphatic heterocycles. The van der Waals surface area contributed by atoms with Crippen LogP contribution < -0.4 is 5.32 Å². The predicted molar refractivity (Wildman–Crippen MR) is 79.2 cm³/mol. The van der Waals surface area contributed by atoms with E-state index in [1.807, 2.05) is 20.8 Å². The van der Waals surface area contributed by atoms with E-state index in [9.17, 15) is 4.79 Å². The van der Waals surface area contributed by atoms with E-state index in [1.165, 1.54) is 11.5 Å². The minimum Gasteiger partial charge on any atom is -0.382 e. The number of ether oxygens (including phenoxy) is 1. The minimum atomic E-state index is -0.156. The van der Waals surface area contributed by atoms with Crippen LogP contribution in [0, 0.1) is 0 Å². The lowest BCUT2D eigenvalue weighted by Gasteiger charge is -2.27. The van der Waals surface area contributed by atoms with E-state index in [0.29, 0.717) is 11.7 Å². The molecule has 0 bridgehead atoms. The molecule has 1 fully saturated rings. The molecular formula is C13H22N4O2S. The van der Waals surface area contributed by atoms with Crippen molar-refractivity contribution in [3.63, 3.8) is 0 Å². The summed E-state index contributed by atoms with van der Waals surface area (Å²) in [6.45, 7) is 6.71. The van der Waals surface area contributed by atoms with Crippen molar-refractivity contribution >= 4 is 22.7 Å². The van der Waals surface area contributed by atoms with Gasteiger partial charge in [0.15, 0.2) is 0 Å². The molecule has 0 aromatic carbocycles. The van der Waals surface area contributed by atoms with Crippen LogP contribution in [0.4, 0.5) is 9.93 Å². The minimum absolute atomic E-state index is 0.112. The topological polar surface area (TPSA) is 67.3 Å². The Morgan fingerprint density at radius 2 is 2.15 bits per heavy atom. The van der Waals surface area contributed by atoms with Crippen LogP contribution in [-0.2, 0) is 10.2 Å². The summed E-state index contributed by atoms with van der Waals surface area (Å²) in [5.41, 5.74) is -0.254. The molecule has 0 saturated heterocycles. The summed E-state index contributed by atoms with van der Waals surface area (Å²) in [5, 5.41) is 3.36. The maximum Gasteiger partial charge on any atom is 0.323 e. The van der Waals surface area contributed by atoms with Gasteiger partial charge in [-0.05, 0) is 12.8 Å². The SMILES string of the molecule is COCC1(N(C)C(=O)Nc2nc(C(C)(C)C)ns2)CC1. The lowest BCUT2D eigenvalue weighted by Crippen LogP contribution is -2.44. The molecule has 112 valence electrons. The third kappa shape index (κ3) is 3.09. The normalized spacial score (nSPS) is 16.9. The summed E-state index contributed by atoms with van der Waals surface area (Å²) >= 11 is 1.22. The highest BCUT2D eigenvalue weighted by Crippen LogP contribution is 2.41. The number of methoxy groups -OCH3 is 1. The average molecular weight is 298 g/mol. The Morgan fingerprint density at radius 1 is 1.50 bits per heavy atom. The van der Waals surface area contributed by atoms with E-state index >= 15 is 0 Å². The van der Waals surface area contributed by atoms with Crippen molar-refractivity contribution in [1.29, 1.82) is 0 Å². The Hall–Kier alpha value is -1.21. The zero-order valence-corrected chi connectivity index (χ0v) is 13.5. The molecule has 7 heteroatoms. The number of rotatable bonds is 4. The van der Waals surface area contributed by atoms with Crippen molar-refractivity contribution in [2.24, 2.45) is 0 Å². The van der Waals surface area contributed by atoms with Crippen LogP contribution in [0.25, 0.3) is 0 Å². The summed E-state index contributed by atoms with van der Waals surface area (Å²) in [6, 6.07) is -0.156. The predicted octanol–water partition coefficient (Wildman–Crippen LogP) is 2.48. The number of urea groups is 1. The molecule has 0 unspecified atom stereocenters. The van der Waals surface area contributed by atoms with Gasteiger partial charge in [-0.15, -0.1) is 0 Å². The van der Waals surface area contributed by atoms with Crippen molar-refractivity contribution in [3.8, 4) is 0 Å². The first-order valence-corrected chi connectivity index (χ1v) is 7.44. The fraction of sp³-hybridized carbons (Fsp3) is 0.769. The van der Waals surface area contributed by atoms with Crippen LogP contribution in [0.5, 0.6) is 0 Å². The monoisotopic (exact) mass is 298 g/mol. The smallest absolute Gasteiger partial charge is 0.323 e. The molecule has 1 aromatic rings. The zero-order chi connectivity index (χ0) is 15.0. The fourth-order valence-electron chi connectivity index (χ4n) is 1.96. The Balaban J connectivity index is 2.00. The van der Waals surface area contributed by atoms with E-state index in [1.54, 1.807) is 19.1 Å². The number of likely N-dealkylation sites (N-methyl/N-ethyl adjacent to an activating group) is 1. The maximum atomic E-state index is 12.2. The Labute approximate surface area is 123 Å². The first kappa shape index (κ1) is 15.2. The van der Waals surface area contributed by atoms with Crippen molar-refractivity contribution in [2.75, 3.05) is 26.1 Å². The van der Waals surface area contributed by atoms with Crippen LogP contribution >= 0.6 is 11.5 Å². The van der Waals surface area contributed by atoms with Crippen molar-refractivity contribution in [2.45, 2.75) is 44.6 Å². The Kier molecular flexibility index (Phi) is 4.02. The number of hydrogen-bond acceptors (Lipinski definition) is 5. The second-order valence-corrected chi connectivity index (χ2v) is 7.07. The van der Waals surface area contributed by atoms with Gasteiger partial charge >= 0.3 is 6.03 Å². The van der Waals surface area contributed by atoms with Gasteiger partial charge in [0, 0.05) is 31.1 Å². The van der Waals surface area contributed by atoms with Crippen molar-refractivity contribution in [1.82, 2.24) is 14.3 Å². The molecule has 1 saturated carbocycles. The summed E-state index contributed by atoms with van der Waals surface area (Å²) in [4.78, 5) is 18.3. The molecular weight excluding hydrogens is 276 g/mol. The average Bonchev–Trinajstić information content (AvgIpc) is 2.97. The van der Waals surface area contributed by atoms with Crippen LogP contribution in [0.15, 0.2) is 0 Å². The fourth-order valence-corrected chi connectivity index (χ4v) is 2.71. The first-order chi connectivity index (χ1) is 9.28. The number of amides is 2. The van der Waals surface area contributed by atoms with Crippen LogP contribution in [0.1, 0.15) is 39.4 Å². The van der Waals surface area contributed by atoms with Crippen LogP contribution in [-0.4, -0.2) is 46.6 Å². The van der Waals surface area contributed by atoms with Crippen LogP contribution in [0.2, 0.25) is 0 Å². The third-order valence-corrected chi connectivity index (χ3v) is 4.20. The summed E-state index contributed by atoms with van der Waals surface area (Å²) in [5.74, 6) is 0.749. The lowest BCUT2D eigenvalue weighted by atomic mass is 9.96. The molecule has 1 aromatic heterocycles. The molecule has 2 rings (SSSR count). The molecule has 1 aliphatic carbocycles. The van der Waals surface area contributed by atoms with Gasteiger partial charge in [0.05, 0.1) is 12.1 Å². The molecule has 6 nitrogen and oxygen atoms in total. The zero-order valence-electron chi connectivity index (χ0n) is 12.7. The van der Waals surface area contributed by atoms with Gasteiger partial charge in [-0.25, -0.2) is 9.78 Å². The van der Waals surface area contributed by atoms with Gasteiger partial charge in [-0.3, -0.25) is 5.32 Å². The van der Waals surface area contributed by atoms with E-state index in [4.69, 9.17) is 4.74 Å². The van der Waals surface area contributed by atoms with E-state index in [-0.39, 0.29) is 17.0 Å². The third-order valence-electron chi connectivity index (χ3n) is 3.57. The molecule has 2 amide bonds. The van der Waals surface area contributed by atoms with E-state index in [2.05, 4.69) is 14.7 Å². The molecule has 1 aliphatic rings. The molecule has 0 spiro atoms. The van der Waals surface area contributed by atoms with Gasteiger partial charge in [-0.1, -0.05) is 20.8 Å². The first-order valence-electron chi connectivity index (χ1n) is 6.66. The Morgan fingerprint density at radius 3 is 2.60 bits per heavy atom. The highest BCUT2D eigenvalue weighted by Gasteiger charge is 2.48. The second kappa shape index (κ2) is 5.29. The van der Waals surface area contributed by atoms with Crippen molar-refractivity contribution < 1.29 is 9.53 Å². The maximum absolute atomic E-state index is 12.2. The number of aromatic nitrogens is 2. The number of carbonyl (C=O) groups is 1. The molecule has 0 atom stereocenters. The number of carbonyl (C=O) groups excluding carboxylic acids is 1. The standard InChI is InChI=1S/C13H22N4O2S/c1-12(2,3)9-14-10(20-16-9)15-11(18)17(4)13(6-7-13)8-19-5/h6-8H2,1-5H3,(H,14,15,16,18). The van der Waals surface area contributed by atoms with Gasteiger partial charge in [0.1, 0.15) is 5.82 Å². The highest BCUT2D eigenvalue weighted by atomic mass is 32.1. The summed E-state index contributed by atoms with van der Waals surface area (Å²) in [7, 11) is 3.46. The highest BCUT2D eigenvalue weighted by molar-refractivity contribution is 7.09. The number of hydrogen-bond donors (Lipinski definition) is 1. The van der Waals surface area contributed by atoms with Gasteiger partial charge in [0.2, 0.25) is 5.13 Å². The lowest BCUT2D eigenvalue weighted by molar-refractivity contribution is 0.108. The van der Waals surface area contributed by atoms with Gasteiger partial charge < -0.3 is 9.64 Å². The largest absolute Gasteiger partial charge is 0.382 e. The van der Waals surface area contributed by atoms with Gasteiger partial charge in [0.25, 0.3) is 0 Å². The Bertz CT molecular complexity index is 491. The quantitative estimate of drug-likeness (QED) is 0.927. The van der Waals surface area contributed by atoms with Crippen molar-refractivity contribution in [3.05, 3.63) is 5.82 Å². The number of nitrogens with one attached hydrogen (secondary N) is 1. The molecule has 0 radical (unpaired) electrons. The molecule has 20 heavy (non-hydrogen) atoms. The summed E-state index contributed by atoms with van der Waals surface area (Å²) < 4.78 is 9.48. The molecule has 1 N–H and O–H groups in total. The second-order valence-electron chi connectivity index (χ2n) is 6.32. The van der Waals surface area contributed by atoms with E-state index < -0.39 is 0 Å². The van der Waals surface area contributed by atoms with E-state index in [0.717, 1.165) is 18.7 Å².